The van der Waals surface area contributed by atoms with Crippen molar-refractivity contribution in [2.75, 3.05) is 30.3 Å². The van der Waals surface area contributed by atoms with Gasteiger partial charge in [0.15, 0.2) is 5.16 Å². The van der Waals surface area contributed by atoms with Crippen LogP contribution in [0.5, 0.6) is 0 Å². The number of rotatable bonds is 5. The molecule has 1 aromatic carbocycles. The summed E-state index contributed by atoms with van der Waals surface area (Å²) >= 11 is 7.61. The molecule has 0 radical (unpaired) electrons. The van der Waals surface area contributed by atoms with Gasteiger partial charge in [-0.25, -0.2) is 0 Å². The Morgan fingerprint density at radius 1 is 1.24 bits per heavy atom. The first-order valence-corrected chi connectivity index (χ1v) is 8.36. The second-order valence-corrected chi connectivity index (χ2v) is 6.36. The molecule has 21 heavy (non-hydrogen) atoms. The molecule has 1 saturated heterocycles. The molecule has 1 aliphatic heterocycles. The van der Waals surface area contributed by atoms with E-state index in [1.807, 2.05) is 28.8 Å². The third-order valence-electron chi connectivity index (χ3n) is 3.39. The molecule has 2 heterocycles. The summed E-state index contributed by atoms with van der Waals surface area (Å²) in [5, 5.41) is 19.1. The van der Waals surface area contributed by atoms with Gasteiger partial charge in [-0.3, -0.25) is 4.57 Å². The van der Waals surface area contributed by atoms with Gasteiger partial charge in [0.05, 0.1) is 12.3 Å². The summed E-state index contributed by atoms with van der Waals surface area (Å²) in [7, 11) is 0. The molecular weight excluding hydrogens is 308 g/mol. The van der Waals surface area contributed by atoms with Gasteiger partial charge >= 0.3 is 0 Å². The molecule has 0 aliphatic carbocycles. The zero-order chi connectivity index (χ0) is 14.7. The van der Waals surface area contributed by atoms with Crippen LogP contribution in [0.25, 0.3) is 5.69 Å². The zero-order valence-corrected chi connectivity index (χ0v) is 13.1. The van der Waals surface area contributed by atoms with Crippen LogP contribution in [0.2, 0.25) is 5.02 Å². The molecule has 2 aromatic rings. The van der Waals surface area contributed by atoms with Crippen LogP contribution >= 0.6 is 23.4 Å². The fourth-order valence-corrected chi connectivity index (χ4v) is 3.33. The number of halogens is 1. The number of aliphatic hydroxyl groups is 1. The van der Waals surface area contributed by atoms with E-state index >= 15 is 0 Å². The minimum absolute atomic E-state index is 0.117. The van der Waals surface area contributed by atoms with Gasteiger partial charge in [-0.1, -0.05) is 29.4 Å². The predicted octanol–water partition coefficient (Wildman–Crippen LogP) is 2.61. The van der Waals surface area contributed by atoms with Gasteiger partial charge in [-0.05, 0) is 31.0 Å². The van der Waals surface area contributed by atoms with Gasteiger partial charge in [-0.2, -0.15) is 0 Å². The first-order valence-electron chi connectivity index (χ1n) is 6.99. The first-order chi connectivity index (χ1) is 10.3. The molecule has 1 aromatic heterocycles. The van der Waals surface area contributed by atoms with E-state index in [0.717, 1.165) is 29.9 Å². The van der Waals surface area contributed by atoms with E-state index in [9.17, 15) is 0 Å². The normalized spacial score (nSPS) is 14.9. The number of anilines is 1. The molecule has 3 rings (SSSR count). The van der Waals surface area contributed by atoms with Crippen molar-refractivity contribution >= 4 is 29.3 Å². The molecule has 0 atom stereocenters. The van der Waals surface area contributed by atoms with E-state index in [4.69, 9.17) is 16.7 Å². The molecule has 0 bridgehead atoms. The van der Waals surface area contributed by atoms with Crippen molar-refractivity contribution in [3.05, 3.63) is 29.3 Å². The minimum Gasteiger partial charge on any atom is -0.396 e. The Morgan fingerprint density at radius 2 is 2.05 bits per heavy atom. The van der Waals surface area contributed by atoms with Gasteiger partial charge < -0.3 is 10.0 Å². The van der Waals surface area contributed by atoms with E-state index in [-0.39, 0.29) is 6.61 Å². The van der Waals surface area contributed by atoms with E-state index in [2.05, 4.69) is 15.1 Å². The summed E-state index contributed by atoms with van der Waals surface area (Å²) in [6.45, 7) is 2.12. The smallest absolute Gasteiger partial charge is 0.232 e. The maximum absolute atomic E-state index is 9.04. The Hall–Kier alpha value is -1.24. The Labute approximate surface area is 132 Å². The van der Waals surface area contributed by atoms with Crippen molar-refractivity contribution in [3.63, 3.8) is 0 Å². The Balaban J connectivity index is 2.02. The lowest BCUT2D eigenvalue weighted by atomic mass is 10.3. The SMILES string of the molecule is OCCSc1nnc(N2CCCC2)n1-c1cccc(Cl)c1. The number of benzene rings is 1. The summed E-state index contributed by atoms with van der Waals surface area (Å²) in [4.78, 5) is 2.25. The summed E-state index contributed by atoms with van der Waals surface area (Å²) in [5.41, 5.74) is 0.954. The molecule has 1 aliphatic rings. The molecule has 5 nitrogen and oxygen atoms in total. The molecular formula is C14H17ClN4OS. The number of thioether (sulfide) groups is 1. The largest absolute Gasteiger partial charge is 0.396 e. The molecule has 0 saturated carbocycles. The van der Waals surface area contributed by atoms with Crippen molar-refractivity contribution < 1.29 is 5.11 Å². The van der Waals surface area contributed by atoms with Crippen LogP contribution in [-0.4, -0.2) is 45.3 Å². The van der Waals surface area contributed by atoms with Crippen LogP contribution in [0.1, 0.15) is 12.8 Å². The van der Waals surface area contributed by atoms with Gasteiger partial charge in [-0.15, -0.1) is 10.2 Å². The average molecular weight is 325 g/mol. The monoisotopic (exact) mass is 324 g/mol. The number of hydrogen-bond acceptors (Lipinski definition) is 5. The minimum atomic E-state index is 0.117. The maximum Gasteiger partial charge on any atom is 0.232 e. The van der Waals surface area contributed by atoms with Gasteiger partial charge in [0.25, 0.3) is 0 Å². The summed E-state index contributed by atoms with van der Waals surface area (Å²) in [6.07, 6.45) is 2.36. The highest BCUT2D eigenvalue weighted by atomic mass is 35.5. The average Bonchev–Trinajstić information content (AvgIpc) is 3.14. The molecule has 0 spiro atoms. The highest BCUT2D eigenvalue weighted by Crippen LogP contribution is 2.29. The van der Waals surface area contributed by atoms with Crippen molar-refractivity contribution in [3.8, 4) is 5.69 Å². The standard InChI is InChI=1S/C14H17ClN4OS/c15-11-4-3-5-12(10-11)19-13(18-6-1-2-7-18)16-17-14(19)21-9-8-20/h3-5,10,20H,1-2,6-9H2. The number of aliphatic hydroxyl groups excluding tert-OH is 1. The van der Waals surface area contributed by atoms with Gasteiger partial charge in [0, 0.05) is 23.9 Å². The zero-order valence-electron chi connectivity index (χ0n) is 11.6. The lowest BCUT2D eigenvalue weighted by molar-refractivity contribution is 0.322. The first kappa shape index (κ1) is 14.7. The number of nitrogens with zero attached hydrogens (tertiary/aromatic N) is 4. The highest BCUT2D eigenvalue weighted by molar-refractivity contribution is 7.99. The lowest BCUT2D eigenvalue weighted by Gasteiger charge is -2.18. The maximum atomic E-state index is 9.04. The molecule has 1 N–H and O–H groups in total. The van der Waals surface area contributed by atoms with Gasteiger partial charge in [0.1, 0.15) is 0 Å². The van der Waals surface area contributed by atoms with Crippen LogP contribution in [0.15, 0.2) is 29.4 Å². The lowest BCUT2D eigenvalue weighted by Crippen LogP contribution is -2.22. The molecule has 0 unspecified atom stereocenters. The third-order valence-corrected chi connectivity index (χ3v) is 4.54. The van der Waals surface area contributed by atoms with Crippen LogP contribution in [0.3, 0.4) is 0 Å². The van der Waals surface area contributed by atoms with E-state index in [0.29, 0.717) is 10.8 Å². The van der Waals surface area contributed by atoms with E-state index in [1.165, 1.54) is 24.6 Å². The fraction of sp³-hybridized carbons (Fsp3) is 0.429. The van der Waals surface area contributed by atoms with Crippen molar-refractivity contribution in [1.29, 1.82) is 0 Å². The number of hydrogen-bond donors (Lipinski definition) is 1. The van der Waals surface area contributed by atoms with Crippen LogP contribution < -0.4 is 4.90 Å². The van der Waals surface area contributed by atoms with Crippen LogP contribution in [0.4, 0.5) is 5.95 Å². The Bertz CT molecular complexity index is 613. The summed E-state index contributed by atoms with van der Waals surface area (Å²) < 4.78 is 2.03. The van der Waals surface area contributed by atoms with Crippen LogP contribution in [0, 0.1) is 0 Å². The van der Waals surface area contributed by atoms with Gasteiger partial charge in [0.2, 0.25) is 5.95 Å². The van der Waals surface area contributed by atoms with Crippen molar-refractivity contribution in [1.82, 2.24) is 14.8 Å². The summed E-state index contributed by atoms with van der Waals surface area (Å²) in [6, 6.07) is 7.68. The highest BCUT2D eigenvalue weighted by Gasteiger charge is 2.22. The Kier molecular flexibility index (Phi) is 4.67. The van der Waals surface area contributed by atoms with E-state index < -0.39 is 0 Å². The second-order valence-electron chi connectivity index (χ2n) is 4.86. The fourth-order valence-electron chi connectivity index (χ4n) is 2.46. The van der Waals surface area contributed by atoms with E-state index in [1.54, 1.807) is 0 Å². The Morgan fingerprint density at radius 3 is 2.76 bits per heavy atom. The summed E-state index contributed by atoms with van der Waals surface area (Å²) in [5.74, 6) is 1.45. The van der Waals surface area contributed by atoms with Crippen molar-refractivity contribution in [2.24, 2.45) is 0 Å². The van der Waals surface area contributed by atoms with Crippen LogP contribution in [-0.2, 0) is 0 Å². The quantitative estimate of drug-likeness (QED) is 0.857. The molecule has 112 valence electrons. The number of aromatic nitrogens is 3. The van der Waals surface area contributed by atoms with Crippen molar-refractivity contribution in [2.45, 2.75) is 18.0 Å². The second kappa shape index (κ2) is 6.68. The molecule has 7 heteroatoms. The predicted molar refractivity (Wildman–Crippen MR) is 85.6 cm³/mol. The topological polar surface area (TPSA) is 54.2 Å². The third kappa shape index (κ3) is 3.17. The molecule has 1 fully saturated rings. The molecule has 0 amide bonds.